The molecule has 6 nitrogen and oxygen atoms in total. The minimum atomic E-state index is -0.630. The van der Waals surface area contributed by atoms with Crippen molar-refractivity contribution in [1.82, 2.24) is 15.6 Å². The molecule has 0 atom stereocenters. The quantitative estimate of drug-likeness (QED) is 0.175. The molecule has 0 spiro atoms. The molecule has 2 aromatic carbocycles. The van der Waals surface area contributed by atoms with E-state index in [2.05, 4.69) is 20.0 Å². The van der Waals surface area contributed by atoms with Crippen molar-refractivity contribution in [3.63, 3.8) is 0 Å². The van der Waals surface area contributed by atoms with Gasteiger partial charge in [-0.15, -0.1) is 0 Å². The van der Waals surface area contributed by atoms with Crippen molar-refractivity contribution in [2.24, 2.45) is 4.40 Å². The van der Waals surface area contributed by atoms with Crippen molar-refractivity contribution >= 4 is 47.2 Å². The number of benzene rings is 2. The second-order valence-electron chi connectivity index (χ2n) is 8.01. The van der Waals surface area contributed by atoms with Gasteiger partial charge in [-0.2, -0.15) is 4.40 Å². The van der Waals surface area contributed by atoms with Crippen molar-refractivity contribution in [2.45, 2.75) is 37.8 Å². The maximum Gasteiger partial charge on any atom is 0.414 e. The molecule has 3 aromatic rings. The summed E-state index contributed by atoms with van der Waals surface area (Å²) in [5, 5.41) is 6.85. The molecular weight excluding hydrogens is 479 g/mol. The van der Waals surface area contributed by atoms with Crippen molar-refractivity contribution in [3.05, 3.63) is 82.6 Å². The SMILES string of the molecule is CC(C)(C)OC(=O)N/C(=N\Sc1ccccc1)NCc1cnc(Cl)c(-c2ccc(Cl)cc2)c1. The first kappa shape index (κ1) is 24.9. The van der Waals surface area contributed by atoms with Crippen LogP contribution in [0.4, 0.5) is 4.79 Å². The largest absolute Gasteiger partial charge is 0.444 e. The summed E-state index contributed by atoms with van der Waals surface area (Å²) >= 11 is 13.5. The lowest BCUT2D eigenvalue weighted by molar-refractivity contribution is 0.0561. The van der Waals surface area contributed by atoms with E-state index < -0.39 is 11.7 Å². The van der Waals surface area contributed by atoms with Crippen LogP contribution in [0.1, 0.15) is 26.3 Å². The first-order valence-electron chi connectivity index (χ1n) is 10.1. The van der Waals surface area contributed by atoms with E-state index in [1.807, 2.05) is 48.5 Å². The highest BCUT2D eigenvalue weighted by molar-refractivity contribution is 7.98. The number of aromatic nitrogens is 1. The molecule has 3 rings (SSSR count). The summed E-state index contributed by atoms with van der Waals surface area (Å²) in [5.74, 6) is 0.265. The van der Waals surface area contributed by atoms with Crippen LogP contribution in [-0.4, -0.2) is 22.6 Å². The zero-order chi connectivity index (χ0) is 23.8. The number of halogens is 2. The second kappa shape index (κ2) is 11.4. The van der Waals surface area contributed by atoms with Crippen LogP contribution < -0.4 is 10.6 Å². The van der Waals surface area contributed by atoms with Crippen molar-refractivity contribution in [2.75, 3.05) is 0 Å². The topological polar surface area (TPSA) is 75.6 Å². The molecule has 0 unspecified atom stereocenters. The number of alkyl carbamates (subject to hydrolysis) is 1. The number of amides is 1. The van der Waals surface area contributed by atoms with Gasteiger partial charge < -0.3 is 10.1 Å². The third kappa shape index (κ3) is 8.28. The van der Waals surface area contributed by atoms with Gasteiger partial charge in [0.2, 0.25) is 5.96 Å². The Hall–Kier alpha value is -2.74. The zero-order valence-corrected chi connectivity index (χ0v) is 20.8. The summed E-state index contributed by atoms with van der Waals surface area (Å²) in [5.41, 5.74) is 1.91. The van der Waals surface area contributed by atoms with Crippen LogP contribution >= 0.6 is 35.1 Å². The highest BCUT2D eigenvalue weighted by atomic mass is 35.5. The molecule has 1 aromatic heterocycles. The molecule has 0 aliphatic rings. The molecule has 1 amide bonds. The Kier molecular flexibility index (Phi) is 8.61. The molecule has 0 saturated heterocycles. The van der Waals surface area contributed by atoms with E-state index >= 15 is 0 Å². The van der Waals surface area contributed by atoms with Gasteiger partial charge in [-0.3, -0.25) is 5.32 Å². The molecule has 33 heavy (non-hydrogen) atoms. The molecule has 0 saturated carbocycles. The van der Waals surface area contributed by atoms with Crippen LogP contribution in [0.5, 0.6) is 0 Å². The molecule has 0 aliphatic carbocycles. The predicted molar refractivity (Wildman–Crippen MR) is 136 cm³/mol. The summed E-state index contributed by atoms with van der Waals surface area (Å²) in [6, 6.07) is 18.9. The Morgan fingerprint density at radius 1 is 1.09 bits per heavy atom. The predicted octanol–water partition coefficient (Wildman–Crippen LogP) is 6.73. The normalized spacial score (nSPS) is 11.7. The van der Waals surface area contributed by atoms with E-state index in [4.69, 9.17) is 27.9 Å². The van der Waals surface area contributed by atoms with Gasteiger partial charge >= 0.3 is 6.09 Å². The lowest BCUT2D eigenvalue weighted by atomic mass is 10.1. The fourth-order valence-corrected chi connectivity index (χ4v) is 3.61. The van der Waals surface area contributed by atoms with Gasteiger partial charge in [-0.1, -0.05) is 53.5 Å². The first-order chi connectivity index (χ1) is 15.7. The number of rotatable bonds is 5. The minimum Gasteiger partial charge on any atom is -0.444 e. The highest BCUT2D eigenvalue weighted by Gasteiger charge is 2.18. The summed E-state index contributed by atoms with van der Waals surface area (Å²) in [7, 11) is 0. The third-order valence-electron chi connectivity index (χ3n) is 4.12. The maximum absolute atomic E-state index is 12.3. The van der Waals surface area contributed by atoms with Crippen LogP contribution in [0.2, 0.25) is 10.2 Å². The number of hydrogen-bond acceptors (Lipinski definition) is 5. The number of hydrogen-bond donors (Lipinski definition) is 2. The zero-order valence-electron chi connectivity index (χ0n) is 18.4. The number of guanidine groups is 1. The molecule has 9 heteroatoms. The van der Waals surface area contributed by atoms with Crippen LogP contribution in [0, 0.1) is 0 Å². The van der Waals surface area contributed by atoms with Crippen LogP contribution in [-0.2, 0) is 11.3 Å². The Morgan fingerprint density at radius 2 is 1.79 bits per heavy atom. The van der Waals surface area contributed by atoms with Gasteiger partial charge in [0.25, 0.3) is 0 Å². The number of carbonyl (C=O) groups excluding carboxylic acids is 1. The molecule has 1 heterocycles. The smallest absolute Gasteiger partial charge is 0.414 e. The third-order valence-corrected chi connectivity index (χ3v) is 5.43. The molecule has 172 valence electrons. The monoisotopic (exact) mass is 502 g/mol. The molecular formula is C24H24Cl2N4O2S. The van der Waals surface area contributed by atoms with E-state index in [1.54, 1.807) is 39.1 Å². The molecule has 0 bridgehead atoms. The standard InChI is InChI=1S/C24H24Cl2N4O2S/c1-24(2,3)32-23(31)29-22(30-33-19-7-5-4-6-8-19)28-15-16-13-20(21(26)27-14-16)17-9-11-18(25)12-10-17/h4-14H,15H2,1-3H3,(H2,28,29,30,31). The van der Waals surface area contributed by atoms with E-state index in [-0.39, 0.29) is 5.96 Å². The molecule has 2 N–H and O–H groups in total. The summed E-state index contributed by atoms with van der Waals surface area (Å²) in [6.45, 7) is 5.75. The van der Waals surface area contributed by atoms with E-state index in [0.29, 0.717) is 16.7 Å². The average Bonchev–Trinajstić information content (AvgIpc) is 2.76. The van der Waals surface area contributed by atoms with Crippen LogP contribution in [0.25, 0.3) is 11.1 Å². The van der Waals surface area contributed by atoms with Gasteiger partial charge in [0.1, 0.15) is 10.8 Å². The number of carbonyl (C=O) groups is 1. The Labute approximate surface area is 207 Å². The fraction of sp³-hybridized carbons (Fsp3) is 0.208. The summed E-state index contributed by atoms with van der Waals surface area (Å²) in [6.07, 6.45) is 1.07. The maximum atomic E-state index is 12.3. The van der Waals surface area contributed by atoms with Crippen molar-refractivity contribution in [3.8, 4) is 11.1 Å². The molecule has 0 radical (unpaired) electrons. The van der Waals surface area contributed by atoms with Gasteiger partial charge in [0.15, 0.2) is 0 Å². The van der Waals surface area contributed by atoms with E-state index in [9.17, 15) is 4.79 Å². The number of nitrogens with one attached hydrogen (secondary N) is 2. The van der Waals surface area contributed by atoms with E-state index in [0.717, 1.165) is 21.6 Å². The van der Waals surface area contributed by atoms with Gasteiger partial charge in [-0.25, -0.2) is 9.78 Å². The molecule has 0 fully saturated rings. The summed E-state index contributed by atoms with van der Waals surface area (Å²) < 4.78 is 9.79. The molecule has 0 aliphatic heterocycles. The van der Waals surface area contributed by atoms with Gasteiger partial charge in [0.05, 0.1) is 0 Å². The number of ether oxygens (including phenoxy) is 1. The van der Waals surface area contributed by atoms with E-state index in [1.165, 1.54) is 11.9 Å². The van der Waals surface area contributed by atoms with Crippen molar-refractivity contribution in [1.29, 1.82) is 0 Å². The Bertz CT molecular complexity index is 1120. The lowest BCUT2D eigenvalue weighted by Gasteiger charge is -2.20. The van der Waals surface area contributed by atoms with Gasteiger partial charge in [0, 0.05) is 40.2 Å². The van der Waals surface area contributed by atoms with Crippen LogP contribution in [0.15, 0.2) is 76.2 Å². The van der Waals surface area contributed by atoms with Gasteiger partial charge in [-0.05, 0) is 62.2 Å². The average molecular weight is 503 g/mol. The number of pyridine rings is 1. The second-order valence-corrected chi connectivity index (χ2v) is 9.64. The highest BCUT2D eigenvalue weighted by Crippen LogP contribution is 2.28. The summed E-state index contributed by atoms with van der Waals surface area (Å²) in [4.78, 5) is 17.5. The first-order valence-corrected chi connectivity index (χ1v) is 11.7. The Morgan fingerprint density at radius 3 is 2.45 bits per heavy atom. The lowest BCUT2D eigenvalue weighted by Crippen LogP contribution is -2.43. The number of nitrogens with zero attached hydrogens (tertiary/aromatic N) is 2. The fourth-order valence-electron chi connectivity index (χ4n) is 2.68. The minimum absolute atomic E-state index is 0.265. The Balaban J connectivity index is 1.76. The van der Waals surface area contributed by atoms with Crippen molar-refractivity contribution < 1.29 is 9.53 Å². The van der Waals surface area contributed by atoms with Crippen LogP contribution in [0.3, 0.4) is 0 Å².